The summed E-state index contributed by atoms with van der Waals surface area (Å²) in [4.78, 5) is 22.3. The van der Waals surface area contributed by atoms with Crippen LogP contribution in [0.3, 0.4) is 0 Å². The van der Waals surface area contributed by atoms with E-state index in [-0.39, 0.29) is 5.69 Å². The molecule has 3 N–H and O–H groups in total. The summed E-state index contributed by atoms with van der Waals surface area (Å²) < 4.78 is 4.55. The van der Waals surface area contributed by atoms with E-state index >= 15 is 0 Å². The molecular formula is C9H12N2O5. The fourth-order valence-corrected chi connectivity index (χ4v) is 1.10. The van der Waals surface area contributed by atoms with Gasteiger partial charge in [0, 0.05) is 5.56 Å². The second kappa shape index (κ2) is 4.75. The Hall–Kier alpha value is -1.89. The van der Waals surface area contributed by atoms with Crippen LogP contribution in [0.1, 0.15) is 23.0 Å². The number of carboxylic acid groups (broad SMARTS) is 1. The predicted molar refractivity (Wildman–Crippen MR) is 51.8 cm³/mol. The lowest BCUT2D eigenvalue weighted by Crippen LogP contribution is -2.47. The van der Waals surface area contributed by atoms with Crippen LogP contribution in [0.2, 0.25) is 0 Å². The summed E-state index contributed by atoms with van der Waals surface area (Å²) in [6, 6.07) is -1.37. The van der Waals surface area contributed by atoms with Gasteiger partial charge in [0.15, 0.2) is 11.7 Å². The van der Waals surface area contributed by atoms with Crippen molar-refractivity contribution in [3.8, 4) is 0 Å². The molecule has 2 atom stereocenters. The maximum absolute atomic E-state index is 11.5. The summed E-state index contributed by atoms with van der Waals surface area (Å²) in [5, 5.41) is 23.5. The first-order valence-electron chi connectivity index (χ1n) is 4.56. The first kappa shape index (κ1) is 12.2. The Morgan fingerprint density at radius 3 is 2.56 bits per heavy atom. The number of aliphatic hydroxyl groups excluding tert-OH is 1. The molecule has 0 spiro atoms. The van der Waals surface area contributed by atoms with E-state index in [1.807, 2.05) is 0 Å². The van der Waals surface area contributed by atoms with E-state index in [4.69, 9.17) is 10.2 Å². The lowest BCUT2D eigenvalue weighted by molar-refractivity contribution is -0.141. The molecule has 1 aromatic rings. The van der Waals surface area contributed by atoms with Crippen LogP contribution in [0.15, 0.2) is 10.8 Å². The van der Waals surface area contributed by atoms with Crippen molar-refractivity contribution in [2.24, 2.45) is 0 Å². The zero-order valence-electron chi connectivity index (χ0n) is 8.80. The SMILES string of the molecule is Cc1conc1C(=O)N[C@H](C(=O)O)[C@@H](C)O. The van der Waals surface area contributed by atoms with E-state index in [1.165, 1.54) is 13.2 Å². The van der Waals surface area contributed by atoms with Crippen LogP contribution in [0, 0.1) is 6.92 Å². The number of hydrogen-bond donors (Lipinski definition) is 3. The Bertz CT molecular complexity index is 398. The lowest BCUT2D eigenvalue weighted by Gasteiger charge is -2.16. The van der Waals surface area contributed by atoms with E-state index < -0.39 is 24.0 Å². The molecule has 1 heterocycles. The van der Waals surface area contributed by atoms with Gasteiger partial charge in [0.2, 0.25) is 0 Å². The molecule has 88 valence electrons. The number of carbonyl (C=O) groups excluding carboxylic acids is 1. The first-order valence-corrected chi connectivity index (χ1v) is 4.56. The molecular weight excluding hydrogens is 216 g/mol. The number of hydrogen-bond acceptors (Lipinski definition) is 5. The number of carbonyl (C=O) groups is 2. The molecule has 0 aliphatic rings. The molecule has 0 saturated carbocycles. The summed E-state index contributed by atoms with van der Waals surface area (Å²) in [5.74, 6) is -2.01. The molecule has 1 aromatic heterocycles. The average molecular weight is 228 g/mol. The van der Waals surface area contributed by atoms with Crippen LogP contribution < -0.4 is 5.32 Å². The third-order valence-corrected chi connectivity index (χ3v) is 2.00. The summed E-state index contributed by atoms with van der Waals surface area (Å²) in [6.07, 6.45) is 0.0706. The van der Waals surface area contributed by atoms with Crippen molar-refractivity contribution in [3.63, 3.8) is 0 Å². The van der Waals surface area contributed by atoms with Gasteiger partial charge in [-0.15, -0.1) is 0 Å². The third kappa shape index (κ3) is 2.57. The van der Waals surface area contributed by atoms with Gasteiger partial charge in [-0.2, -0.15) is 0 Å². The van der Waals surface area contributed by atoms with Crippen molar-refractivity contribution in [1.82, 2.24) is 10.5 Å². The zero-order valence-corrected chi connectivity index (χ0v) is 8.80. The van der Waals surface area contributed by atoms with Gasteiger partial charge in [-0.05, 0) is 13.8 Å². The second-order valence-corrected chi connectivity index (χ2v) is 3.38. The molecule has 0 unspecified atom stereocenters. The number of aliphatic carboxylic acids is 1. The zero-order chi connectivity index (χ0) is 12.3. The van der Waals surface area contributed by atoms with Crippen molar-refractivity contribution in [1.29, 1.82) is 0 Å². The van der Waals surface area contributed by atoms with Crippen LogP contribution in [0.5, 0.6) is 0 Å². The number of aromatic nitrogens is 1. The normalized spacial score (nSPS) is 14.2. The number of rotatable bonds is 4. The van der Waals surface area contributed by atoms with Gasteiger partial charge in [-0.25, -0.2) is 4.79 Å². The number of aryl methyl sites for hydroxylation is 1. The van der Waals surface area contributed by atoms with E-state index in [1.54, 1.807) is 6.92 Å². The fraction of sp³-hybridized carbons (Fsp3) is 0.444. The minimum absolute atomic E-state index is 0.00639. The number of nitrogens with one attached hydrogen (secondary N) is 1. The molecule has 7 heteroatoms. The topological polar surface area (TPSA) is 113 Å². The molecule has 0 saturated heterocycles. The van der Waals surface area contributed by atoms with E-state index in [2.05, 4.69) is 15.0 Å². The minimum Gasteiger partial charge on any atom is -0.480 e. The Kier molecular flexibility index (Phi) is 3.62. The molecule has 1 rings (SSSR count). The standard InChI is InChI=1S/C9H12N2O5/c1-4-3-16-11-6(4)8(13)10-7(5(2)12)9(14)15/h3,5,7,12H,1-2H3,(H,10,13)(H,14,15)/t5-,7+/m1/s1. The van der Waals surface area contributed by atoms with Crippen LogP contribution in [-0.4, -0.2) is 39.4 Å². The van der Waals surface area contributed by atoms with Gasteiger partial charge >= 0.3 is 5.97 Å². The second-order valence-electron chi connectivity index (χ2n) is 3.38. The molecule has 1 amide bonds. The van der Waals surface area contributed by atoms with E-state index in [0.717, 1.165) is 0 Å². The summed E-state index contributed by atoms with van der Waals surface area (Å²) in [7, 11) is 0. The largest absolute Gasteiger partial charge is 0.480 e. The van der Waals surface area contributed by atoms with Gasteiger partial charge < -0.3 is 20.1 Å². The highest BCUT2D eigenvalue weighted by atomic mass is 16.5. The van der Waals surface area contributed by atoms with Gasteiger partial charge in [0.25, 0.3) is 5.91 Å². The number of nitrogens with zero attached hydrogens (tertiary/aromatic N) is 1. The molecule has 0 aliphatic heterocycles. The molecule has 0 radical (unpaired) electrons. The number of aliphatic hydroxyl groups is 1. The third-order valence-electron chi connectivity index (χ3n) is 2.00. The Morgan fingerprint density at radius 2 is 2.19 bits per heavy atom. The van der Waals surface area contributed by atoms with E-state index in [0.29, 0.717) is 5.56 Å². The highest BCUT2D eigenvalue weighted by molar-refractivity contribution is 5.96. The van der Waals surface area contributed by atoms with Gasteiger partial charge in [0.05, 0.1) is 6.10 Å². The highest BCUT2D eigenvalue weighted by Crippen LogP contribution is 2.05. The first-order chi connectivity index (χ1) is 7.43. The average Bonchev–Trinajstić information content (AvgIpc) is 2.59. The summed E-state index contributed by atoms with van der Waals surface area (Å²) in [5.41, 5.74) is 0.499. The number of carboxylic acids is 1. The van der Waals surface area contributed by atoms with Crippen LogP contribution in [-0.2, 0) is 4.79 Å². The Morgan fingerprint density at radius 1 is 1.56 bits per heavy atom. The van der Waals surface area contributed by atoms with Gasteiger partial charge in [0.1, 0.15) is 6.26 Å². The lowest BCUT2D eigenvalue weighted by atomic mass is 10.1. The maximum atomic E-state index is 11.5. The Labute approximate surface area is 91.0 Å². The molecule has 7 nitrogen and oxygen atoms in total. The van der Waals surface area contributed by atoms with Gasteiger partial charge in [-0.1, -0.05) is 5.16 Å². The summed E-state index contributed by atoms with van der Waals surface area (Å²) in [6.45, 7) is 2.87. The van der Waals surface area contributed by atoms with Crippen LogP contribution in [0.4, 0.5) is 0 Å². The van der Waals surface area contributed by atoms with Crippen molar-refractivity contribution in [2.45, 2.75) is 26.0 Å². The molecule has 0 bridgehead atoms. The van der Waals surface area contributed by atoms with Crippen LogP contribution >= 0.6 is 0 Å². The quantitative estimate of drug-likeness (QED) is 0.643. The van der Waals surface area contributed by atoms with Crippen molar-refractivity contribution in [2.75, 3.05) is 0 Å². The predicted octanol–water partition coefficient (Wildman–Crippen LogP) is -0.453. The van der Waals surface area contributed by atoms with E-state index in [9.17, 15) is 9.59 Å². The van der Waals surface area contributed by atoms with Gasteiger partial charge in [-0.3, -0.25) is 4.79 Å². The van der Waals surface area contributed by atoms with Crippen molar-refractivity contribution < 1.29 is 24.3 Å². The smallest absolute Gasteiger partial charge is 0.328 e. The monoisotopic (exact) mass is 228 g/mol. The number of amides is 1. The maximum Gasteiger partial charge on any atom is 0.328 e. The molecule has 0 aromatic carbocycles. The minimum atomic E-state index is -1.37. The molecule has 16 heavy (non-hydrogen) atoms. The van der Waals surface area contributed by atoms with Crippen molar-refractivity contribution in [3.05, 3.63) is 17.5 Å². The highest BCUT2D eigenvalue weighted by Gasteiger charge is 2.27. The molecule has 0 fully saturated rings. The Balaban J connectivity index is 2.77. The van der Waals surface area contributed by atoms with Crippen LogP contribution in [0.25, 0.3) is 0 Å². The fourth-order valence-electron chi connectivity index (χ4n) is 1.10. The molecule has 0 aliphatic carbocycles. The van der Waals surface area contributed by atoms with Crippen molar-refractivity contribution >= 4 is 11.9 Å². The summed E-state index contributed by atoms with van der Waals surface area (Å²) >= 11 is 0.